The summed E-state index contributed by atoms with van der Waals surface area (Å²) in [5, 5.41) is 2.94. The van der Waals surface area contributed by atoms with Gasteiger partial charge >= 0.3 is 0 Å². The number of carbonyl (C=O) groups excluding carboxylic acids is 2. The van der Waals surface area contributed by atoms with E-state index < -0.39 is 0 Å². The van der Waals surface area contributed by atoms with E-state index in [1.807, 2.05) is 55.5 Å². The predicted octanol–water partition coefficient (Wildman–Crippen LogP) is 2.67. The minimum atomic E-state index is -0.287. The van der Waals surface area contributed by atoms with E-state index >= 15 is 0 Å². The van der Waals surface area contributed by atoms with E-state index in [-0.39, 0.29) is 24.2 Å². The topological polar surface area (TPSA) is 58.6 Å². The molecule has 136 valence electrons. The number of carbonyl (C=O) groups is 2. The van der Waals surface area contributed by atoms with E-state index in [2.05, 4.69) is 5.32 Å². The number of amides is 2. The molecule has 0 saturated carbocycles. The third-order valence-corrected chi connectivity index (χ3v) is 4.83. The highest BCUT2D eigenvalue weighted by atomic mass is 16.5. The Hall–Kier alpha value is -2.82. The average molecular weight is 352 g/mol. The third-order valence-electron chi connectivity index (χ3n) is 4.83. The molecule has 1 saturated heterocycles. The summed E-state index contributed by atoms with van der Waals surface area (Å²) in [5.41, 5.74) is 3.29. The summed E-state index contributed by atoms with van der Waals surface area (Å²) in [5.74, 6) is 0.470. The number of benzene rings is 2. The molecule has 0 bridgehead atoms. The van der Waals surface area contributed by atoms with Gasteiger partial charge in [-0.25, -0.2) is 0 Å². The summed E-state index contributed by atoms with van der Waals surface area (Å²) < 4.78 is 5.13. The molecule has 2 aromatic carbocycles. The number of nitrogens with one attached hydrogen (secondary N) is 1. The van der Waals surface area contributed by atoms with Gasteiger partial charge in [0, 0.05) is 26.1 Å². The van der Waals surface area contributed by atoms with Crippen molar-refractivity contribution in [3.8, 4) is 5.75 Å². The number of hydrogen-bond donors (Lipinski definition) is 1. The lowest BCUT2D eigenvalue weighted by Crippen LogP contribution is -2.32. The molecule has 5 nitrogen and oxygen atoms in total. The number of hydrogen-bond acceptors (Lipinski definition) is 3. The van der Waals surface area contributed by atoms with E-state index in [1.165, 1.54) is 0 Å². The molecule has 1 aliphatic rings. The Balaban J connectivity index is 1.54. The minimum Gasteiger partial charge on any atom is -0.497 e. The smallest absolute Gasteiger partial charge is 0.225 e. The molecule has 0 aromatic heterocycles. The van der Waals surface area contributed by atoms with Crippen molar-refractivity contribution in [3.63, 3.8) is 0 Å². The van der Waals surface area contributed by atoms with Crippen LogP contribution in [0.1, 0.15) is 23.1 Å². The van der Waals surface area contributed by atoms with Crippen molar-refractivity contribution in [1.82, 2.24) is 10.2 Å². The van der Waals surface area contributed by atoms with Crippen molar-refractivity contribution in [2.24, 2.45) is 5.92 Å². The molecule has 2 aromatic rings. The summed E-state index contributed by atoms with van der Waals surface area (Å²) >= 11 is 0. The van der Waals surface area contributed by atoms with Crippen LogP contribution in [0.2, 0.25) is 0 Å². The molecular formula is C21H24N2O3. The first kappa shape index (κ1) is 18.0. The molecular weight excluding hydrogens is 328 g/mol. The van der Waals surface area contributed by atoms with Crippen molar-refractivity contribution >= 4 is 11.8 Å². The van der Waals surface area contributed by atoms with Gasteiger partial charge in [-0.05, 0) is 35.7 Å². The maximum absolute atomic E-state index is 12.4. The quantitative estimate of drug-likeness (QED) is 0.870. The molecule has 1 N–H and O–H groups in total. The Morgan fingerprint density at radius 3 is 2.62 bits per heavy atom. The largest absolute Gasteiger partial charge is 0.497 e. The number of aryl methyl sites for hydroxylation is 1. The third kappa shape index (κ3) is 4.23. The molecule has 5 heteroatoms. The van der Waals surface area contributed by atoms with Crippen LogP contribution < -0.4 is 10.1 Å². The lowest BCUT2D eigenvalue weighted by Gasteiger charge is -2.18. The second-order valence-electron chi connectivity index (χ2n) is 6.67. The molecule has 0 aliphatic carbocycles. The molecule has 3 rings (SSSR count). The standard InChI is InChI=1S/C21H24N2O3/c1-15-5-3-4-6-17(15)13-23-14-18(11-20(23)24)21(25)22-12-16-7-9-19(26-2)10-8-16/h3-10,18H,11-14H2,1-2H3,(H,22,25). The molecule has 0 spiro atoms. The average Bonchev–Trinajstić information content (AvgIpc) is 3.02. The normalized spacial score (nSPS) is 16.6. The Morgan fingerprint density at radius 2 is 1.92 bits per heavy atom. The Bertz CT molecular complexity index is 786. The van der Waals surface area contributed by atoms with E-state index in [0.29, 0.717) is 19.6 Å². The van der Waals surface area contributed by atoms with Gasteiger partial charge in [0.25, 0.3) is 0 Å². The van der Waals surface area contributed by atoms with Gasteiger partial charge in [0.05, 0.1) is 13.0 Å². The van der Waals surface area contributed by atoms with Gasteiger partial charge < -0.3 is 15.0 Å². The first-order valence-corrected chi connectivity index (χ1v) is 8.79. The second kappa shape index (κ2) is 8.04. The number of methoxy groups -OCH3 is 1. The predicted molar refractivity (Wildman–Crippen MR) is 99.5 cm³/mol. The van der Waals surface area contributed by atoms with Crippen molar-refractivity contribution in [3.05, 3.63) is 65.2 Å². The monoisotopic (exact) mass is 352 g/mol. The molecule has 1 atom stereocenters. The zero-order chi connectivity index (χ0) is 18.5. The maximum Gasteiger partial charge on any atom is 0.225 e. The summed E-state index contributed by atoms with van der Waals surface area (Å²) in [6.45, 7) is 3.52. The summed E-state index contributed by atoms with van der Waals surface area (Å²) in [6, 6.07) is 15.6. The molecule has 0 radical (unpaired) electrons. The molecule has 26 heavy (non-hydrogen) atoms. The van der Waals surface area contributed by atoms with Crippen molar-refractivity contribution in [1.29, 1.82) is 0 Å². The van der Waals surface area contributed by atoms with Crippen molar-refractivity contribution in [2.75, 3.05) is 13.7 Å². The first-order chi connectivity index (χ1) is 12.6. The Kier molecular flexibility index (Phi) is 5.56. The molecule has 1 unspecified atom stereocenters. The lowest BCUT2D eigenvalue weighted by atomic mass is 10.1. The number of likely N-dealkylation sites (tertiary alicyclic amines) is 1. The summed E-state index contributed by atoms with van der Waals surface area (Å²) in [6.07, 6.45) is 0.278. The Morgan fingerprint density at radius 1 is 1.19 bits per heavy atom. The first-order valence-electron chi connectivity index (χ1n) is 8.79. The fraction of sp³-hybridized carbons (Fsp3) is 0.333. The van der Waals surface area contributed by atoms with Gasteiger partial charge in [0.15, 0.2) is 0 Å². The van der Waals surface area contributed by atoms with Crippen LogP contribution in [-0.4, -0.2) is 30.4 Å². The van der Waals surface area contributed by atoms with Crippen LogP contribution in [0.4, 0.5) is 0 Å². The van der Waals surface area contributed by atoms with Crippen LogP contribution in [0.3, 0.4) is 0 Å². The number of ether oxygens (including phenoxy) is 1. The zero-order valence-electron chi connectivity index (χ0n) is 15.2. The van der Waals surface area contributed by atoms with Gasteiger partial charge in [-0.1, -0.05) is 36.4 Å². The summed E-state index contributed by atoms with van der Waals surface area (Å²) in [4.78, 5) is 26.5. The fourth-order valence-electron chi connectivity index (χ4n) is 3.17. The van der Waals surface area contributed by atoms with Crippen LogP contribution in [0, 0.1) is 12.8 Å². The SMILES string of the molecule is COc1ccc(CNC(=O)C2CC(=O)N(Cc3ccccc3C)C2)cc1. The summed E-state index contributed by atoms with van der Waals surface area (Å²) in [7, 11) is 1.62. The van der Waals surface area contributed by atoms with Gasteiger partial charge in [-0.15, -0.1) is 0 Å². The van der Waals surface area contributed by atoms with E-state index in [1.54, 1.807) is 12.0 Å². The minimum absolute atomic E-state index is 0.0397. The van der Waals surface area contributed by atoms with Gasteiger partial charge in [0.1, 0.15) is 5.75 Å². The lowest BCUT2D eigenvalue weighted by molar-refractivity contribution is -0.129. The molecule has 2 amide bonds. The van der Waals surface area contributed by atoms with Gasteiger partial charge in [0.2, 0.25) is 11.8 Å². The number of rotatable bonds is 6. The van der Waals surface area contributed by atoms with Crippen LogP contribution in [0.5, 0.6) is 5.75 Å². The fourth-order valence-corrected chi connectivity index (χ4v) is 3.17. The molecule has 1 heterocycles. The highest BCUT2D eigenvalue weighted by Gasteiger charge is 2.34. The maximum atomic E-state index is 12.4. The molecule has 1 fully saturated rings. The van der Waals surface area contributed by atoms with Crippen molar-refractivity contribution < 1.29 is 14.3 Å². The van der Waals surface area contributed by atoms with Gasteiger partial charge in [-0.2, -0.15) is 0 Å². The van der Waals surface area contributed by atoms with Crippen LogP contribution >= 0.6 is 0 Å². The number of nitrogens with zero attached hydrogens (tertiary/aromatic N) is 1. The van der Waals surface area contributed by atoms with E-state index in [4.69, 9.17) is 4.74 Å². The highest BCUT2D eigenvalue weighted by Crippen LogP contribution is 2.22. The zero-order valence-corrected chi connectivity index (χ0v) is 15.2. The highest BCUT2D eigenvalue weighted by molar-refractivity contribution is 5.89. The van der Waals surface area contributed by atoms with Crippen LogP contribution in [0.15, 0.2) is 48.5 Å². The second-order valence-corrected chi connectivity index (χ2v) is 6.67. The molecule has 1 aliphatic heterocycles. The van der Waals surface area contributed by atoms with Crippen LogP contribution in [-0.2, 0) is 22.7 Å². The van der Waals surface area contributed by atoms with E-state index in [9.17, 15) is 9.59 Å². The van der Waals surface area contributed by atoms with Crippen molar-refractivity contribution in [2.45, 2.75) is 26.4 Å². The van der Waals surface area contributed by atoms with E-state index in [0.717, 1.165) is 22.4 Å². The van der Waals surface area contributed by atoms with Crippen LogP contribution in [0.25, 0.3) is 0 Å². The Labute approximate surface area is 154 Å². The van der Waals surface area contributed by atoms with Gasteiger partial charge in [-0.3, -0.25) is 9.59 Å².